The van der Waals surface area contributed by atoms with E-state index in [1.165, 1.54) is 0 Å². The van der Waals surface area contributed by atoms with E-state index in [1.54, 1.807) is 25.1 Å². The fourth-order valence-corrected chi connectivity index (χ4v) is 3.33. The Bertz CT molecular complexity index is 779. The summed E-state index contributed by atoms with van der Waals surface area (Å²) in [6, 6.07) is 9.42. The first kappa shape index (κ1) is 15.9. The zero-order valence-electron chi connectivity index (χ0n) is 11.2. The number of hydrogen-bond donors (Lipinski definition) is 2. The molecule has 0 atom stereocenters. The average molecular weight is 373 g/mol. The minimum Gasteiger partial charge on any atom is -0.398 e. The highest BCUT2D eigenvalue weighted by atomic mass is 79.9. The number of rotatable bonds is 4. The molecule has 0 aliphatic heterocycles. The predicted molar refractivity (Wildman–Crippen MR) is 83.7 cm³/mol. The second-order valence-electron chi connectivity index (χ2n) is 4.59. The highest BCUT2D eigenvalue weighted by Gasteiger charge is 2.20. The summed E-state index contributed by atoms with van der Waals surface area (Å²) in [4.78, 5) is -0.444. The molecule has 4 nitrogen and oxygen atoms in total. The first-order valence-electron chi connectivity index (χ1n) is 6.09. The van der Waals surface area contributed by atoms with Gasteiger partial charge in [-0.05, 0) is 42.3 Å². The highest BCUT2D eigenvalue weighted by molar-refractivity contribution is 9.10. The van der Waals surface area contributed by atoms with Crippen LogP contribution in [0.5, 0.6) is 0 Å². The summed E-state index contributed by atoms with van der Waals surface area (Å²) in [5.41, 5.74) is 7.14. The van der Waals surface area contributed by atoms with Gasteiger partial charge in [-0.15, -0.1) is 0 Å². The van der Waals surface area contributed by atoms with Crippen molar-refractivity contribution in [3.63, 3.8) is 0 Å². The number of nitrogen functional groups attached to an aromatic ring is 1. The SMILES string of the molecule is Cc1cc(F)c(S(=O)(=O)NCc2cccc(Br)c2)cc1N. The summed E-state index contributed by atoms with van der Waals surface area (Å²) in [5, 5.41) is 0. The zero-order chi connectivity index (χ0) is 15.6. The van der Waals surface area contributed by atoms with Crippen LogP contribution in [0.3, 0.4) is 0 Å². The molecule has 0 bridgehead atoms. The molecule has 0 saturated carbocycles. The van der Waals surface area contributed by atoms with Crippen molar-refractivity contribution in [1.29, 1.82) is 0 Å². The van der Waals surface area contributed by atoms with Crippen molar-refractivity contribution in [1.82, 2.24) is 4.72 Å². The first-order valence-corrected chi connectivity index (χ1v) is 8.37. The molecule has 2 aromatic carbocycles. The number of sulfonamides is 1. The van der Waals surface area contributed by atoms with Crippen LogP contribution in [0.1, 0.15) is 11.1 Å². The first-order chi connectivity index (χ1) is 9.79. The van der Waals surface area contributed by atoms with Crippen molar-refractivity contribution in [2.45, 2.75) is 18.4 Å². The Hall–Kier alpha value is -1.44. The average Bonchev–Trinajstić information content (AvgIpc) is 2.41. The number of anilines is 1. The number of hydrogen-bond acceptors (Lipinski definition) is 3. The number of nitrogens with one attached hydrogen (secondary N) is 1. The fourth-order valence-electron chi connectivity index (χ4n) is 1.78. The van der Waals surface area contributed by atoms with Crippen molar-refractivity contribution < 1.29 is 12.8 Å². The second-order valence-corrected chi connectivity index (χ2v) is 7.24. The van der Waals surface area contributed by atoms with E-state index >= 15 is 0 Å². The van der Waals surface area contributed by atoms with Gasteiger partial charge in [0, 0.05) is 16.7 Å². The quantitative estimate of drug-likeness (QED) is 0.810. The molecule has 0 aromatic heterocycles. The monoisotopic (exact) mass is 372 g/mol. The summed E-state index contributed by atoms with van der Waals surface area (Å²) in [6.45, 7) is 1.68. The van der Waals surface area contributed by atoms with Gasteiger partial charge in [0.05, 0.1) is 0 Å². The molecule has 0 spiro atoms. The van der Waals surface area contributed by atoms with Gasteiger partial charge in [0.25, 0.3) is 0 Å². The summed E-state index contributed by atoms with van der Waals surface area (Å²) >= 11 is 3.30. The van der Waals surface area contributed by atoms with Crippen LogP contribution >= 0.6 is 15.9 Å². The third-order valence-electron chi connectivity index (χ3n) is 2.97. The molecule has 0 aliphatic rings. The van der Waals surface area contributed by atoms with Gasteiger partial charge in [-0.2, -0.15) is 0 Å². The van der Waals surface area contributed by atoms with Crippen LogP contribution in [-0.4, -0.2) is 8.42 Å². The summed E-state index contributed by atoms with van der Waals surface area (Å²) in [6.07, 6.45) is 0. The molecule has 0 radical (unpaired) electrons. The van der Waals surface area contributed by atoms with Crippen molar-refractivity contribution in [3.8, 4) is 0 Å². The molecule has 0 aliphatic carbocycles. The third-order valence-corrected chi connectivity index (χ3v) is 4.87. The Morgan fingerprint density at radius 3 is 2.67 bits per heavy atom. The van der Waals surface area contributed by atoms with Gasteiger partial charge >= 0.3 is 0 Å². The van der Waals surface area contributed by atoms with E-state index in [1.807, 2.05) is 6.07 Å². The highest BCUT2D eigenvalue weighted by Crippen LogP contribution is 2.21. The molecule has 21 heavy (non-hydrogen) atoms. The zero-order valence-corrected chi connectivity index (χ0v) is 13.6. The smallest absolute Gasteiger partial charge is 0.243 e. The van der Waals surface area contributed by atoms with Crippen molar-refractivity contribution in [3.05, 3.63) is 57.8 Å². The molecule has 7 heteroatoms. The van der Waals surface area contributed by atoms with E-state index in [2.05, 4.69) is 20.7 Å². The number of nitrogens with two attached hydrogens (primary N) is 1. The molecule has 0 heterocycles. The number of benzene rings is 2. The van der Waals surface area contributed by atoms with Crippen molar-refractivity contribution in [2.75, 3.05) is 5.73 Å². The van der Waals surface area contributed by atoms with Crippen LogP contribution in [0.15, 0.2) is 45.8 Å². The van der Waals surface area contributed by atoms with E-state index in [-0.39, 0.29) is 12.2 Å². The maximum atomic E-state index is 13.8. The molecule has 112 valence electrons. The van der Waals surface area contributed by atoms with Crippen LogP contribution in [0, 0.1) is 12.7 Å². The Morgan fingerprint density at radius 2 is 2.00 bits per heavy atom. The van der Waals surface area contributed by atoms with Gasteiger partial charge in [-0.3, -0.25) is 0 Å². The van der Waals surface area contributed by atoms with E-state index < -0.39 is 20.7 Å². The second kappa shape index (κ2) is 6.13. The van der Waals surface area contributed by atoms with Crippen LogP contribution < -0.4 is 10.5 Å². The predicted octanol–water partition coefficient (Wildman–Crippen LogP) is 2.96. The molecule has 2 aromatic rings. The molecule has 0 unspecified atom stereocenters. The lowest BCUT2D eigenvalue weighted by atomic mass is 10.2. The topological polar surface area (TPSA) is 72.2 Å². The lowest BCUT2D eigenvalue weighted by Crippen LogP contribution is -2.24. The van der Waals surface area contributed by atoms with Crippen LogP contribution in [-0.2, 0) is 16.6 Å². The van der Waals surface area contributed by atoms with Gasteiger partial charge in [-0.25, -0.2) is 17.5 Å². The van der Waals surface area contributed by atoms with Gasteiger partial charge in [-0.1, -0.05) is 28.1 Å². The molecule has 0 fully saturated rings. The van der Waals surface area contributed by atoms with E-state index in [4.69, 9.17) is 5.73 Å². The Morgan fingerprint density at radius 1 is 1.29 bits per heavy atom. The molecular weight excluding hydrogens is 359 g/mol. The minimum atomic E-state index is -3.96. The van der Waals surface area contributed by atoms with Crippen LogP contribution in [0.25, 0.3) is 0 Å². The third kappa shape index (κ3) is 3.81. The van der Waals surface area contributed by atoms with E-state index in [0.29, 0.717) is 5.56 Å². The van der Waals surface area contributed by atoms with Crippen molar-refractivity contribution in [2.24, 2.45) is 0 Å². The largest absolute Gasteiger partial charge is 0.398 e. The maximum absolute atomic E-state index is 13.8. The van der Waals surface area contributed by atoms with Gasteiger partial charge in [0.2, 0.25) is 10.0 Å². The van der Waals surface area contributed by atoms with E-state index in [0.717, 1.165) is 22.2 Å². The lowest BCUT2D eigenvalue weighted by Gasteiger charge is -2.10. The molecule has 0 saturated heterocycles. The standard InChI is InChI=1S/C14H14BrFN2O2S/c1-9-5-12(16)14(7-13(9)17)21(19,20)18-8-10-3-2-4-11(15)6-10/h2-7,18H,8,17H2,1H3. The van der Waals surface area contributed by atoms with Gasteiger partial charge in [0.15, 0.2) is 0 Å². The Labute approximate surface area is 131 Å². The maximum Gasteiger partial charge on any atom is 0.243 e. The summed E-state index contributed by atoms with van der Waals surface area (Å²) in [7, 11) is -3.96. The Kier molecular flexibility index (Phi) is 4.65. The van der Waals surface area contributed by atoms with Gasteiger partial charge < -0.3 is 5.73 Å². The van der Waals surface area contributed by atoms with Gasteiger partial charge in [0.1, 0.15) is 10.7 Å². The number of aryl methyl sites for hydroxylation is 1. The lowest BCUT2D eigenvalue weighted by molar-refractivity contribution is 0.556. The van der Waals surface area contributed by atoms with Crippen LogP contribution in [0.2, 0.25) is 0 Å². The normalized spacial score (nSPS) is 11.6. The molecule has 0 amide bonds. The molecule has 2 rings (SSSR count). The minimum absolute atomic E-state index is 0.0645. The van der Waals surface area contributed by atoms with Crippen molar-refractivity contribution >= 4 is 31.6 Å². The fraction of sp³-hybridized carbons (Fsp3) is 0.143. The van der Waals surface area contributed by atoms with Crippen LogP contribution in [0.4, 0.5) is 10.1 Å². The van der Waals surface area contributed by atoms with E-state index in [9.17, 15) is 12.8 Å². The molecule has 3 N–H and O–H groups in total. The number of halogens is 2. The summed E-state index contributed by atoms with van der Waals surface area (Å²) in [5.74, 6) is -0.816. The molecular formula is C14H14BrFN2O2S. The Balaban J connectivity index is 2.25. The summed E-state index contributed by atoms with van der Waals surface area (Å²) < 4.78 is 41.3.